The number of ether oxygens (including phenoxy) is 1. The zero-order valence-corrected chi connectivity index (χ0v) is 18.8. The fraction of sp³-hybridized carbons (Fsp3) is 0.579. The maximum atomic E-state index is 13.6. The molecule has 1 saturated heterocycles. The van der Waals surface area contributed by atoms with Crippen LogP contribution in [0.1, 0.15) is 24.4 Å². The van der Waals surface area contributed by atoms with Crippen LogP contribution in [0, 0.1) is 11.7 Å². The van der Waals surface area contributed by atoms with Gasteiger partial charge in [-0.2, -0.15) is 0 Å². The van der Waals surface area contributed by atoms with E-state index in [9.17, 15) is 9.18 Å². The number of carbonyl (C=O) groups excluding carboxylic acids is 1. The zero-order valence-electron chi connectivity index (χ0n) is 16.4. The predicted molar refractivity (Wildman–Crippen MR) is 116 cm³/mol. The van der Waals surface area contributed by atoms with Crippen molar-refractivity contribution in [2.75, 3.05) is 47.9 Å². The van der Waals surface area contributed by atoms with Gasteiger partial charge in [0.2, 0.25) is 0 Å². The van der Waals surface area contributed by atoms with Crippen LogP contribution in [0.4, 0.5) is 4.39 Å². The molecular formula is C19H30FIN4O2. The van der Waals surface area contributed by atoms with Gasteiger partial charge in [-0.05, 0) is 44.6 Å². The van der Waals surface area contributed by atoms with Gasteiger partial charge < -0.3 is 19.9 Å². The molecule has 1 fully saturated rings. The van der Waals surface area contributed by atoms with Gasteiger partial charge in [-0.3, -0.25) is 9.79 Å². The molecule has 0 amide bonds. The third-order valence-corrected chi connectivity index (χ3v) is 4.85. The zero-order chi connectivity index (χ0) is 19.1. The average molecular weight is 492 g/mol. The molecule has 0 radical (unpaired) electrons. The fourth-order valence-electron chi connectivity index (χ4n) is 3.33. The number of carbonyl (C=O) groups is 1. The Hall–Kier alpha value is -1.42. The molecule has 1 heterocycles. The lowest BCUT2D eigenvalue weighted by Crippen LogP contribution is -2.48. The molecule has 0 aliphatic carbocycles. The summed E-state index contributed by atoms with van der Waals surface area (Å²) in [5.41, 5.74) is 0.919. The van der Waals surface area contributed by atoms with Crippen LogP contribution in [0.5, 0.6) is 0 Å². The highest BCUT2D eigenvalue weighted by atomic mass is 127. The van der Waals surface area contributed by atoms with E-state index in [1.807, 2.05) is 20.2 Å². The van der Waals surface area contributed by atoms with E-state index in [0.717, 1.165) is 37.5 Å². The number of halogens is 2. The van der Waals surface area contributed by atoms with E-state index in [4.69, 9.17) is 4.74 Å². The first-order chi connectivity index (χ1) is 12.5. The third-order valence-electron chi connectivity index (χ3n) is 4.85. The second-order valence-electron chi connectivity index (χ2n) is 6.75. The molecule has 2 rings (SSSR count). The van der Waals surface area contributed by atoms with Crippen molar-refractivity contribution in [1.82, 2.24) is 15.1 Å². The maximum absolute atomic E-state index is 13.6. The Labute approximate surface area is 178 Å². The molecule has 1 atom stereocenters. The van der Waals surface area contributed by atoms with Gasteiger partial charge in [-0.25, -0.2) is 4.39 Å². The molecule has 0 spiro atoms. The molecule has 0 aromatic heterocycles. The van der Waals surface area contributed by atoms with Gasteiger partial charge in [0.25, 0.3) is 0 Å². The standard InChI is InChI=1S/C19H29FN4O2.HI/c1-21-19(24-10-8-14(9-11-24)18(25)26-4)22-13-17(23(2)3)15-6-5-7-16(20)12-15;/h5-7,12,14,17H,8-11,13H2,1-4H3,(H,21,22);1H. The summed E-state index contributed by atoms with van der Waals surface area (Å²) in [6, 6.07) is 6.70. The highest BCUT2D eigenvalue weighted by Gasteiger charge is 2.27. The van der Waals surface area contributed by atoms with Gasteiger partial charge in [0.15, 0.2) is 5.96 Å². The largest absolute Gasteiger partial charge is 0.469 e. The molecule has 1 N–H and O–H groups in total. The first kappa shape index (κ1) is 23.6. The minimum atomic E-state index is -0.233. The molecule has 1 aromatic rings. The van der Waals surface area contributed by atoms with E-state index in [2.05, 4.69) is 20.1 Å². The monoisotopic (exact) mass is 492 g/mol. The summed E-state index contributed by atoms with van der Waals surface area (Å²) in [7, 11) is 7.13. The summed E-state index contributed by atoms with van der Waals surface area (Å²) in [5, 5.41) is 3.39. The van der Waals surface area contributed by atoms with Crippen LogP contribution in [0.3, 0.4) is 0 Å². The number of likely N-dealkylation sites (N-methyl/N-ethyl adjacent to an activating group) is 1. The minimum absolute atomic E-state index is 0. The summed E-state index contributed by atoms with van der Waals surface area (Å²) in [4.78, 5) is 20.2. The average Bonchev–Trinajstić information content (AvgIpc) is 2.64. The summed E-state index contributed by atoms with van der Waals surface area (Å²) >= 11 is 0. The fourth-order valence-corrected chi connectivity index (χ4v) is 3.33. The van der Waals surface area contributed by atoms with Gasteiger partial charge in [0, 0.05) is 26.7 Å². The van der Waals surface area contributed by atoms with Gasteiger partial charge >= 0.3 is 5.97 Å². The Morgan fingerprint density at radius 3 is 2.59 bits per heavy atom. The molecule has 1 aliphatic rings. The first-order valence-corrected chi connectivity index (χ1v) is 8.91. The van der Waals surface area contributed by atoms with E-state index >= 15 is 0 Å². The minimum Gasteiger partial charge on any atom is -0.469 e. The smallest absolute Gasteiger partial charge is 0.308 e. The van der Waals surface area contributed by atoms with Gasteiger partial charge in [-0.15, -0.1) is 24.0 Å². The Morgan fingerprint density at radius 2 is 2.07 bits per heavy atom. The molecule has 1 aromatic carbocycles. The number of methoxy groups -OCH3 is 1. The summed E-state index contributed by atoms with van der Waals surface area (Å²) in [6.45, 7) is 2.12. The van der Waals surface area contributed by atoms with Crippen LogP contribution in [-0.2, 0) is 9.53 Å². The highest BCUT2D eigenvalue weighted by Crippen LogP contribution is 2.20. The first-order valence-electron chi connectivity index (χ1n) is 8.91. The topological polar surface area (TPSA) is 57.2 Å². The van der Waals surface area contributed by atoms with Crippen LogP contribution in [0.15, 0.2) is 29.3 Å². The summed E-state index contributed by atoms with van der Waals surface area (Å²) in [6.07, 6.45) is 1.52. The van der Waals surface area contributed by atoms with Gasteiger partial charge in [0.1, 0.15) is 5.82 Å². The Morgan fingerprint density at radius 1 is 1.41 bits per heavy atom. The summed E-state index contributed by atoms with van der Waals surface area (Å²) < 4.78 is 18.4. The molecule has 152 valence electrons. The third kappa shape index (κ3) is 6.60. The van der Waals surface area contributed by atoms with Crippen molar-refractivity contribution >= 4 is 35.9 Å². The lowest BCUT2D eigenvalue weighted by atomic mass is 9.97. The van der Waals surface area contributed by atoms with E-state index in [0.29, 0.717) is 6.54 Å². The number of hydrogen-bond donors (Lipinski definition) is 1. The summed E-state index contributed by atoms with van der Waals surface area (Å²) in [5.74, 6) is 0.405. The SMILES string of the molecule is CN=C(NCC(c1cccc(F)c1)N(C)C)N1CCC(C(=O)OC)CC1.I. The second-order valence-corrected chi connectivity index (χ2v) is 6.75. The van der Waals surface area contributed by atoms with Crippen molar-refractivity contribution < 1.29 is 13.9 Å². The molecule has 6 nitrogen and oxygen atoms in total. The number of hydrogen-bond acceptors (Lipinski definition) is 4. The number of aliphatic imine (C=N–C) groups is 1. The second kappa shape index (κ2) is 11.4. The number of nitrogens with one attached hydrogen (secondary N) is 1. The maximum Gasteiger partial charge on any atom is 0.308 e. The Balaban J connectivity index is 0.00000364. The Kier molecular flexibility index (Phi) is 10.00. The predicted octanol–water partition coefficient (Wildman–Crippen LogP) is 2.51. The lowest BCUT2D eigenvalue weighted by Gasteiger charge is -2.34. The normalized spacial score (nSPS) is 16.7. The Bertz CT molecular complexity index is 634. The van der Waals surface area contributed by atoms with E-state index in [1.54, 1.807) is 19.2 Å². The molecule has 0 saturated carbocycles. The van der Waals surface area contributed by atoms with Crippen molar-refractivity contribution in [1.29, 1.82) is 0 Å². The van der Waals surface area contributed by atoms with Crippen LogP contribution in [0.25, 0.3) is 0 Å². The molecule has 0 bridgehead atoms. The van der Waals surface area contributed by atoms with Crippen molar-refractivity contribution in [3.63, 3.8) is 0 Å². The highest BCUT2D eigenvalue weighted by molar-refractivity contribution is 14.0. The van der Waals surface area contributed by atoms with Crippen LogP contribution >= 0.6 is 24.0 Å². The number of guanidine groups is 1. The van der Waals surface area contributed by atoms with E-state index < -0.39 is 0 Å². The van der Waals surface area contributed by atoms with Gasteiger partial charge in [0.05, 0.1) is 19.1 Å². The molecule has 8 heteroatoms. The number of piperidine rings is 1. The molecular weight excluding hydrogens is 462 g/mol. The van der Waals surface area contributed by atoms with Gasteiger partial charge in [-0.1, -0.05) is 12.1 Å². The molecule has 27 heavy (non-hydrogen) atoms. The number of rotatable bonds is 5. The van der Waals surface area contributed by atoms with Crippen LogP contribution in [-0.4, -0.2) is 69.6 Å². The molecule has 1 unspecified atom stereocenters. The number of nitrogens with zero attached hydrogens (tertiary/aromatic N) is 3. The number of benzene rings is 1. The number of esters is 1. The van der Waals surface area contributed by atoms with Crippen molar-refractivity contribution in [3.8, 4) is 0 Å². The van der Waals surface area contributed by atoms with Crippen molar-refractivity contribution in [2.45, 2.75) is 18.9 Å². The van der Waals surface area contributed by atoms with E-state index in [-0.39, 0.29) is 47.7 Å². The van der Waals surface area contributed by atoms with Crippen molar-refractivity contribution in [2.24, 2.45) is 10.9 Å². The number of likely N-dealkylation sites (tertiary alicyclic amines) is 1. The van der Waals surface area contributed by atoms with Crippen LogP contribution in [0.2, 0.25) is 0 Å². The van der Waals surface area contributed by atoms with E-state index in [1.165, 1.54) is 13.2 Å². The quantitative estimate of drug-likeness (QED) is 0.297. The van der Waals surface area contributed by atoms with Crippen molar-refractivity contribution in [3.05, 3.63) is 35.6 Å². The molecule has 1 aliphatic heterocycles. The van der Waals surface area contributed by atoms with Crippen LogP contribution < -0.4 is 5.32 Å². The lowest BCUT2D eigenvalue weighted by molar-refractivity contribution is -0.146.